The van der Waals surface area contributed by atoms with Crippen LogP contribution in [0, 0.1) is 0 Å². The van der Waals surface area contributed by atoms with E-state index in [1.165, 1.54) is 12.8 Å². The number of carbonyl (C=O) groups is 2. The van der Waals surface area contributed by atoms with E-state index in [0.717, 1.165) is 12.8 Å². The van der Waals surface area contributed by atoms with Crippen LogP contribution in [0.15, 0.2) is 0 Å². The zero-order valence-electron chi connectivity index (χ0n) is 13.4. The Morgan fingerprint density at radius 1 is 1.33 bits per heavy atom. The summed E-state index contributed by atoms with van der Waals surface area (Å²) in [6, 6.07) is 0.168. The lowest BCUT2D eigenvalue weighted by molar-refractivity contribution is -0.130. The molecule has 21 heavy (non-hydrogen) atoms. The highest BCUT2D eigenvalue weighted by Crippen LogP contribution is 2.24. The van der Waals surface area contributed by atoms with Crippen molar-refractivity contribution in [2.75, 3.05) is 11.9 Å². The molecular weight excluding hydrogens is 336 g/mol. The van der Waals surface area contributed by atoms with Gasteiger partial charge in [0.05, 0.1) is 5.33 Å². The molecule has 1 rings (SSSR count). The lowest BCUT2D eigenvalue weighted by Gasteiger charge is -2.31. The van der Waals surface area contributed by atoms with Gasteiger partial charge in [0.1, 0.15) is 5.60 Å². The van der Waals surface area contributed by atoms with Crippen LogP contribution in [-0.2, 0) is 9.53 Å². The topological polar surface area (TPSA) is 58.6 Å². The Morgan fingerprint density at radius 3 is 2.38 bits per heavy atom. The molecule has 0 heterocycles. The second kappa shape index (κ2) is 8.01. The SMILES string of the molecule is CC(CN(C(=O)CBr)C1CCCC1)NC(=O)OC(C)(C)C. The third-order valence-corrected chi connectivity index (χ3v) is 3.91. The van der Waals surface area contributed by atoms with Gasteiger partial charge in [0, 0.05) is 18.6 Å². The Labute approximate surface area is 135 Å². The number of ether oxygens (including phenoxy) is 1. The second-order valence-electron chi connectivity index (χ2n) is 6.67. The quantitative estimate of drug-likeness (QED) is 0.764. The fraction of sp³-hybridized carbons (Fsp3) is 0.867. The summed E-state index contributed by atoms with van der Waals surface area (Å²) in [6.07, 6.45) is 4.01. The minimum atomic E-state index is -0.513. The average molecular weight is 363 g/mol. The van der Waals surface area contributed by atoms with Gasteiger partial charge in [0.2, 0.25) is 5.91 Å². The van der Waals surface area contributed by atoms with Gasteiger partial charge in [-0.2, -0.15) is 0 Å². The molecule has 1 fully saturated rings. The molecule has 0 bridgehead atoms. The molecule has 0 spiro atoms. The highest BCUT2D eigenvalue weighted by Gasteiger charge is 2.28. The van der Waals surface area contributed by atoms with Crippen molar-refractivity contribution in [1.82, 2.24) is 10.2 Å². The van der Waals surface area contributed by atoms with Crippen molar-refractivity contribution >= 4 is 27.9 Å². The summed E-state index contributed by atoms with van der Waals surface area (Å²) in [5, 5.41) is 3.12. The summed E-state index contributed by atoms with van der Waals surface area (Å²) < 4.78 is 5.24. The van der Waals surface area contributed by atoms with Crippen molar-refractivity contribution in [2.24, 2.45) is 0 Å². The maximum absolute atomic E-state index is 12.1. The van der Waals surface area contributed by atoms with Gasteiger partial charge in [-0.15, -0.1) is 0 Å². The van der Waals surface area contributed by atoms with E-state index in [9.17, 15) is 9.59 Å². The maximum atomic E-state index is 12.1. The van der Waals surface area contributed by atoms with Crippen molar-refractivity contribution in [2.45, 2.75) is 71.1 Å². The summed E-state index contributed by atoms with van der Waals surface area (Å²) in [6.45, 7) is 7.91. The van der Waals surface area contributed by atoms with Crippen molar-refractivity contribution in [1.29, 1.82) is 0 Å². The predicted molar refractivity (Wildman–Crippen MR) is 86.6 cm³/mol. The van der Waals surface area contributed by atoms with E-state index in [4.69, 9.17) is 4.74 Å². The first kappa shape index (κ1) is 18.3. The Kier molecular flexibility index (Phi) is 6.97. The summed E-state index contributed by atoms with van der Waals surface area (Å²) in [5.41, 5.74) is -0.513. The number of alkyl carbamates (subject to hydrolysis) is 1. The number of halogens is 1. The van der Waals surface area contributed by atoms with Crippen molar-refractivity contribution in [3.05, 3.63) is 0 Å². The first-order chi connectivity index (χ1) is 9.73. The van der Waals surface area contributed by atoms with Crippen molar-refractivity contribution in [3.8, 4) is 0 Å². The van der Waals surface area contributed by atoms with Crippen LogP contribution in [-0.4, -0.2) is 46.5 Å². The molecular formula is C15H27BrN2O3. The number of rotatable bonds is 5. The largest absolute Gasteiger partial charge is 0.444 e. The molecule has 0 radical (unpaired) electrons. The van der Waals surface area contributed by atoms with Crippen LogP contribution in [0.5, 0.6) is 0 Å². The van der Waals surface area contributed by atoms with Crippen LogP contribution in [0.1, 0.15) is 53.4 Å². The van der Waals surface area contributed by atoms with Gasteiger partial charge in [0.25, 0.3) is 0 Å². The van der Waals surface area contributed by atoms with E-state index in [2.05, 4.69) is 21.2 Å². The second-order valence-corrected chi connectivity index (χ2v) is 7.23. The molecule has 122 valence electrons. The molecule has 1 N–H and O–H groups in total. The summed E-state index contributed by atoms with van der Waals surface area (Å²) >= 11 is 3.24. The minimum Gasteiger partial charge on any atom is -0.444 e. The summed E-state index contributed by atoms with van der Waals surface area (Å²) in [7, 11) is 0. The normalized spacial score (nSPS) is 17.4. The Bertz CT molecular complexity index is 362. The van der Waals surface area contributed by atoms with Crippen molar-refractivity contribution < 1.29 is 14.3 Å². The minimum absolute atomic E-state index is 0.0831. The molecule has 0 aliphatic heterocycles. The predicted octanol–water partition coefficient (Wildman–Crippen LogP) is 3.07. The fourth-order valence-electron chi connectivity index (χ4n) is 2.60. The van der Waals surface area contributed by atoms with Crippen molar-refractivity contribution in [3.63, 3.8) is 0 Å². The van der Waals surface area contributed by atoms with Crippen LogP contribution < -0.4 is 5.32 Å². The lowest BCUT2D eigenvalue weighted by Crippen LogP contribution is -2.49. The number of nitrogens with zero attached hydrogens (tertiary/aromatic N) is 1. The molecule has 0 aromatic rings. The zero-order valence-corrected chi connectivity index (χ0v) is 15.0. The summed E-state index contributed by atoms with van der Waals surface area (Å²) in [4.78, 5) is 25.7. The average Bonchev–Trinajstić information content (AvgIpc) is 2.86. The van der Waals surface area contributed by atoms with Gasteiger partial charge < -0.3 is 15.0 Å². The highest BCUT2D eigenvalue weighted by molar-refractivity contribution is 9.09. The standard InChI is InChI=1S/C15H27BrN2O3/c1-11(17-14(20)21-15(2,3)4)10-18(13(19)9-16)12-7-5-6-8-12/h11-12H,5-10H2,1-4H3,(H,17,20). The lowest BCUT2D eigenvalue weighted by atomic mass is 10.2. The van der Waals surface area contributed by atoms with Gasteiger partial charge in [-0.1, -0.05) is 28.8 Å². The smallest absolute Gasteiger partial charge is 0.407 e. The molecule has 1 aliphatic rings. The fourth-order valence-corrected chi connectivity index (χ4v) is 2.92. The Balaban J connectivity index is 2.53. The molecule has 0 saturated heterocycles. The molecule has 1 saturated carbocycles. The Hall–Kier alpha value is -0.780. The van der Waals surface area contributed by atoms with Gasteiger partial charge >= 0.3 is 6.09 Å². The third kappa shape index (κ3) is 6.68. The number of hydrogen-bond donors (Lipinski definition) is 1. The molecule has 1 atom stereocenters. The molecule has 1 aliphatic carbocycles. The first-order valence-electron chi connectivity index (χ1n) is 7.58. The first-order valence-corrected chi connectivity index (χ1v) is 8.70. The molecule has 0 aromatic heterocycles. The molecule has 6 heteroatoms. The number of hydrogen-bond acceptors (Lipinski definition) is 3. The highest BCUT2D eigenvalue weighted by atomic mass is 79.9. The van der Waals surface area contributed by atoms with E-state index in [0.29, 0.717) is 17.9 Å². The molecule has 2 amide bonds. The van der Waals surface area contributed by atoms with Crippen LogP contribution in [0.4, 0.5) is 4.79 Å². The Morgan fingerprint density at radius 2 is 1.90 bits per heavy atom. The number of nitrogens with one attached hydrogen (secondary N) is 1. The van der Waals surface area contributed by atoms with Gasteiger partial charge in [0.15, 0.2) is 0 Å². The molecule has 0 aromatic carbocycles. The monoisotopic (exact) mass is 362 g/mol. The van der Waals surface area contributed by atoms with Gasteiger partial charge in [-0.25, -0.2) is 4.79 Å². The van der Waals surface area contributed by atoms with Crippen LogP contribution in [0.3, 0.4) is 0 Å². The number of carbonyl (C=O) groups excluding carboxylic acids is 2. The van der Waals surface area contributed by atoms with Gasteiger partial charge in [-0.3, -0.25) is 4.79 Å². The maximum Gasteiger partial charge on any atom is 0.407 e. The van der Waals surface area contributed by atoms with Crippen LogP contribution in [0.25, 0.3) is 0 Å². The number of alkyl halides is 1. The van der Waals surface area contributed by atoms with E-state index in [-0.39, 0.29) is 11.9 Å². The molecule has 5 nitrogen and oxygen atoms in total. The summed E-state index contributed by atoms with van der Waals surface area (Å²) in [5.74, 6) is 0.0831. The van der Waals surface area contributed by atoms with Gasteiger partial charge in [-0.05, 0) is 40.5 Å². The van der Waals surface area contributed by atoms with E-state index < -0.39 is 11.7 Å². The van der Waals surface area contributed by atoms with E-state index in [1.807, 2.05) is 32.6 Å². The third-order valence-electron chi connectivity index (χ3n) is 3.43. The zero-order chi connectivity index (χ0) is 16.0. The molecule has 1 unspecified atom stereocenters. The van der Waals surface area contributed by atoms with Crippen LogP contribution >= 0.6 is 15.9 Å². The van der Waals surface area contributed by atoms with Crippen LogP contribution in [0.2, 0.25) is 0 Å². The number of amides is 2. The van der Waals surface area contributed by atoms with E-state index >= 15 is 0 Å². The van der Waals surface area contributed by atoms with E-state index in [1.54, 1.807) is 0 Å².